The number of benzene rings is 1. The highest BCUT2D eigenvalue weighted by atomic mass is 16.5. The Labute approximate surface area is 89.7 Å². The summed E-state index contributed by atoms with van der Waals surface area (Å²) in [4.78, 5) is 1.86. The lowest BCUT2D eigenvalue weighted by Gasteiger charge is -2.22. The second-order valence-corrected chi connectivity index (χ2v) is 3.42. The first-order valence-electron chi connectivity index (χ1n) is 4.81. The van der Waals surface area contributed by atoms with E-state index in [1.807, 2.05) is 36.2 Å². The summed E-state index contributed by atoms with van der Waals surface area (Å²) < 4.78 is 5.10. The first-order valence-corrected chi connectivity index (χ1v) is 4.81. The summed E-state index contributed by atoms with van der Waals surface area (Å²) in [7, 11) is 3.47. The molecular weight excluding hydrogens is 194 g/mol. The highest BCUT2D eigenvalue weighted by Crippen LogP contribution is 2.19. The normalized spacial score (nSPS) is 12.3. The van der Waals surface area contributed by atoms with Crippen LogP contribution in [0.4, 0.5) is 5.69 Å². The number of nitrogens with zero attached hydrogens (tertiary/aromatic N) is 1. The molecule has 1 unspecified atom stereocenters. The van der Waals surface area contributed by atoms with Crippen molar-refractivity contribution >= 4 is 5.69 Å². The number of anilines is 1. The minimum atomic E-state index is -0.721. The van der Waals surface area contributed by atoms with Crippen molar-refractivity contribution in [2.75, 3.05) is 32.2 Å². The average Bonchev–Trinajstić information content (AvgIpc) is 2.28. The zero-order valence-corrected chi connectivity index (χ0v) is 9.05. The zero-order valence-electron chi connectivity index (χ0n) is 9.05. The molecule has 0 radical (unpaired) electrons. The maximum absolute atomic E-state index is 9.29. The van der Waals surface area contributed by atoms with Crippen LogP contribution in [0.15, 0.2) is 24.3 Å². The van der Waals surface area contributed by atoms with E-state index >= 15 is 0 Å². The summed E-state index contributed by atoms with van der Waals surface area (Å²) in [6.45, 7) is 0.165. The molecule has 84 valence electrons. The van der Waals surface area contributed by atoms with E-state index < -0.39 is 6.10 Å². The van der Waals surface area contributed by atoms with Gasteiger partial charge in [0.25, 0.3) is 0 Å². The summed E-state index contributed by atoms with van der Waals surface area (Å²) in [5, 5.41) is 18.0. The minimum absolute atomic E-state index is 0.228. The van der Waals surface area contributed by atoms with Crippen molar-refractivity contribution in [2.45, 2.75) is 6.10 Å². The summed E-state index contributed by atoms with van der Waals surface area (Å²) in [6, 6.07) is 7.55. The third-order valence-corrected chi connectivity index (χ3v) is 2.19. The first-order chi connectivity index (χ1) is 7.17. The van der Waals surface area contributed by atoms with E-state index in [0.717, 1.165) is 11.4 Å². The van der Waals surface area contributed by atoms with Crippen molar-refractivity contribution in [2.24, 2.45) is 0 Å². The Balaban J connectivity index is 2.68. The number of hydrogen-bond acceptors (Lipinski definition) is 4. The molecule has 2 N–H and O–H groups in total. The lowest BCUT2D eigenvalue weighted by atomic mass is 10.2. The first kappa shape index (κ1) is 11.8. The molecule has 0 saturated heterocycles. The van der Waals surface area contributed by atoms with Crippen LogP contribution < -0.4 is 9.64 Å². The molecule has 0 aliphatic rings. The Morgan fingerprint density at radius 1 is 1.47 bits per heavy atom. The second-order valence-electron chi connectivity index (χ2n) is 3.42. The van der Waals surface area contributed by atoms with Gasteiger partial charge in [0.05, 0.1) is 19.8 Å². The topological polar surface area (TPSA) is 52.9 Å². The molecule has 0 bridgehead atoms. The largest absolute Gasteiger partial charge is 0.497 e. The zero-order chi connectivity index (χ0) is 11.3. The summed E-state index contributed by atoms with van der Waals surface area (Å²) in [5.74, 6) is 0.776. The minimum Gasteiger partial charge on any atom is -0.497 e. The van der Waals surface area contributed by atoms with E-state index in [1.165, 1.54) is 0 Å². The molecule has 4 nitrogen and oxygen atoms in total. The van der Waals surface area contributed by atoms with E-state index in [-0.39, 0.29) is 6.61 Å². The fraction of sp³-hybridized carbons (Fsp3) is 0.455. The van der Waals surface area contributed by atoms with Gasteiger partial charge in [-0.3, -0.25) is 0 Å². The van der Waals surface area contributed by atoms with Crippen LogP contribution >= 0.6 is 0 Å². The van der Waals surface area contributed by atoms with Crippen LogP contribution in [0, 0.1) is 0 Å². The van der Waals surface area contributed by atoms with E-state index in [0.29, 0.717) is 6.54 Å². The van der Waals surface area contributed by atoms with Gasteiger partial charge in [-0.25, -0.2) is 0 Å². The molecule has 15 heavy (non-hydrogen) atoms. The van der Waals surface area contributed by atoms with Gasteiger partial charge in [0.2, 0.25) is 0 Å². The summed E-state index contributed by atoms with van der Waals surface area (Å²) in [6.07, 6.45) is -0.721. The molecule has 0 fully saturated rings. The number of ether oxygens (including phenoxy) is 1. The standard InChI is InChI=1S/C11H17NO3/c1-12(7-10(14)8-13)9-4-3-5-11(6-9)15-2/h3-6,10,13-14H,7-8H2,1-2H3. The van der Waals surface area contributed by atoms with Crippen molar-refractivity contribution < 1.29 is 14.9 Å². The molecule has 1 aromatic rings. The molecule has 0 heterocycles. The summed E-state index contributed by atoms with van der Waals surface area (Å²) in [5.41, 5.74) is 0.946. The fourth-order valence-electron chi connectivity index (χ4n) is 1.33. The predicted octanol–water partition coefficient (Wildman–Crippen LogP) is 0.485. The number of hydrogen-bond donors (Lipinski definition) is 2. The third-order valence-electron chi connectivity index (χ3n) is 2.19. The monoisotopic (exact) mass is 211 g/mol. The molecule has 0 aromatic heterocycles. The van der Waals surface area contributed by atoms with Gasteiger partial charge in [-0.2, -0.15) is 0 Å². The van der Waals surface area contributed by atoms with Crippen molar-refractivity contribution in [3.8, 4) is 5.75 Å². The Kier molecular flexibility index (Phi) is 4.39. The van der Waals surface area contributed by atoms with Crippen LogP contribution in [0.3, 0.4) is 0 Å². The second kappa shape index (κ2) is 5.58. The smallest absolute Gasteiger partial charge is 0.120 e. The molecule has 0 aliphatic heterocycles. The van der Waals surface area contributed by atoms with Crippen LogP contribution in [-0.4, -0.2) is 43.6 Å². The van der Waals surface area contributed by atoms with Gasteiger partial charge in [0.1, 0.15) is 5.75 Å². The van der Waals surface area contributed by atoms with Crippen molar-refractivity contribution in [3.05, 3.63) is 24.3 Å². The molecule has 0 saturated carbocycles. The molecule has 4 heteroatoms. The van der Waals surface area contributed by atoms with Crippen molar-refractivity contribution in [1.82, 2.24) is 0 Å². The van der Waals surface area contributed by atoms with Crippen LogP contribution in [0.2, 0.25) is 0 Å². The van der Waals surface area contributed by atoms with Gasteiger partial charge < -0.3 is 19.8 Å². The molecule has 1 atom stereocenters. The molecule has 1 rings (SSSR count). The van der Waals surface area contributed by atoms with E-state index in [1.54, 1.807) is 7.11 Å². The number of likely N-dealkylation sites (N-methyl/N-ethyl adjacent to an activating group) is 1. The number of aliphatic hydroxyl groups excluding tert-OH is 2. The number of methoxy groups -OCH3 is 1. The quantitative estimate of drug-likeness (QED) is 0.744. The molecule has 0 spiro atoms. The Hall–Kier alpha value is -1.26. The van der Waals surface area contributed by atoms with E-state index in [9.17, 15) is 5.11 Å². The maximum atomic E-state index is 9.29. The Bertz CT molecular complexity index is 304. The van der Waals surface area contributed by atoms with E-state index in [4.69, 9.17) is 9.84 Å². The van der Waals surface area contributed by atoms with Gasteiger partial charge in [0.15, 0.2) is 0 Å². The Morgan fingerprint density at radius 2 is 2.20 bits per heavy atom. The molecular formula is C11H17NO3. The van der Waals surface area contributed by atoms with Crippen molar-refractivity contribution in [1.29, 1.82) is 0 Å². The fourth-order valence-corrected chi connectivity index (χ4v) is 1.33. The van der Waals surface area contributed by atoms with Crippen LogP contribution in [0.5, 0.6) is 5.75 Å². The number of rotatable bonds is 5. The van der Waals surface area contributed by atoms with Gasteiger partial charge in [-0.05, 0) is 12.1 Å². The van der Waals surface area contributed by atoms with Gasteiger partial charge in [0, 0.05) is 25.3 Å². The predicted molar refractivity (Wildman–Crippen MR) is 59.4 cm³/mol. The lowest BCUT2D eigenvalue weighted by molar-refractivity contribution is 0.101. The van der Waals surface area contributed by atoms with Crippen molar-refractivity contribution in [3.63, 3.8) is 0 Å². The molecule has 1 aromatic carbocycles. The maximum Gasteiger partial charge on any atom is 0.120 e. The SMILES string of the molecule is COc1cccc(N(C)CC(O)CO)c1. The highest BCUT2D eigenvalue weighted by Gasteiger charge is 2.07. The Morgan fingerprint density at radius 3 is 2.80 bits per heavy atom. The molecule has 0 amide bonds. The van der Waals surface area contributed by atoms with Crippen LogP contribution in [0.25, 0.3) is 0 Å². The van der Waals surface area contributed by atoms with Gasteiger partial charge in [-0.15, -0.1) is 0 Å². The number of aliphatic hydroxyl groups is 2. The van der Waals surface area contributed by atoms with Gasteiger partial charge >= 0.3 is 0 Å². The highest BCUT2D eigenvalue weighted by molar-refractivity contribution is 5.50. The van der Waals surface area contributed by atoms with E-state index in [2.05, 4.69) is 0 Å². The third kappa shape index (κ3) is 3.42. The molecule has 0 aliphatic carbocycles. The summed E-state index contributed by atoms with van der Waals surface area (Å²) >= 11 is 0. The van der Waals surface area contributed by atoms with Gasteiger partial charge in [-0.1, -0.05) is 6.07 Å². The lowest BCUT2D eigenvalue weighted by Crippen LogP contribution is -2.31. The van der Waals surface area contributed by atoms with Crippen LogP contribution in [0.1, 0.15) is 0 Å². The average molecular weight is 211 g/mol. The van der Waals surface area contributed by atoms with Crippen LogP contribution in [-0.2, 0) is 0 Å².